The van der Waals surface area contributed by atoms with Crippen molar-refractivity contribution in [3.8, 4) is 5.75 Å². The van der Waals surface area contributed by atoms with Gasteiger partial charge in [-0.05, 0) is 25.1 Å². The zero-order valence-corrected chi connectivity index (χ0v) is 13.5. The van der Waals surface area contributed by atoms with Crippen molar-refractivity contribution in [3.05, 3.63) is 41.4 Å². The average Bonchev–Trinajstić information content (AvgIpc) is 2.44. The summed E-state index contributed by atoms with van der Waals surface area (Å²) in [5.41, 5.74) is 0. The highest BCUT2D eigenvalue weighted by Crippen LogP contribution is 2.17. The van der Waals surface area contributed by atoms with E-state index in [1.54, 1.807) is 25.1 Å². The van der Waals surface area contributed by atoms with E-state index in [0.717, 1.165) is 4.47 Å². The second kappa shape index (κ2) is 9.18. The SMILES string of the molecule is C=CCN(CC(=O)OCC)C(=O)COc1cccc(Br)c1. The van der Waals surface area contributed by atoms with Gasteiger partial charge < -0.3 is 14.4 Å². The lowest BCUT2D eigenvalue weighted by Gasteiger charge is -2.20. The van der Waals surface area contributed by atoms with E-state index in [1.165, 1.54) is 4.90 Å². The highest BCUT2D eigenvalue weighted by Gasteiger charge is 2.17. The van der Waals surface area contributed by atoms with E-state index < -0.39 is 5.97 Å². The van der Waals surface area contributed by atoms with Crippen molar-refractivity contribution in [1.82, 2.24) is 4.90 Å². The molecule has 0 saturated carbocycles. The summed E-state index contributed by atoms with van der Waals surface area (Å²) in [6.45, 7) is 5.57. The van der Waals surface area contributed by atoms with Gasteiger partial charge in [0.1, 0.15) is 12.3 Å². The van der Waals surface area contributed by atoms with Crippen molar-refractivity contribution < 1.29 is 19.1 Å². The summed E-state index contributed by atoms with van der Waals surface area (Å²) in [4.78, 5) is 24.9. The normalized spacial score (nSPS) is 9.81. The standard InChI is InChI=1S/C15H18BrNO4/c1-3-8-17(10-15(19)20-4-2)14(18)11-21-13-7-5-6-12(16)9-13/h3,5-7,9H,1,4,8,10-11H2,2H3. The smallest absolute Gasteiger partial charge is 0.325 e. The average molecular weight is 356 g/mol. The minimum Gasteiger partial charge on any atom is -0.484 e. The van der Waals surface area contributed by atoms with Crippen molar-refractivity contribution in [3.63, 3.8) is 0 Å². The van der Waals surface area contributed by atoms with Crippen LogP contribution in [0, 0.1) is 0 Å². The van der Waals surface area contributed by atoms with Gasteiger partial charge >= 0.3 is 5.97 Å². The van der Waals surface area contributed by atoms with Gasteiger partial charge in [-0.3, -0.25) is 9.59 Å². The monoisotopic (exact) mass is 355 g/mol. The van der Waals surface area contributed by atoms with Crippen molar-refractivity contribution in [1.29, 1.82) is 0 Å². The van der Waals surface area contributed by atoms with Gasteiger partial charge in [-0.2, -0.15) is 0 Å². The molecule has 0 aliphatic heterocycles. The van der Waals surface area contributed by atoms with Crippen molar-refractivity contribution in [2.45, 2.75) is 6.92 Å². The first-order valence-corrected chi connectivity index (χ1v) is 7.28. The number of carbonyl (C=O) groups is 2. The Morgan fingerprint density at radius 3 is 2.81 bits per heavy atom. The molecule has 1 amide bonds. The van der Waals surface area contributed by atoms with Crippen molar-refractivity contribution in [2.24, 2.45) is 0 Å². The Bertz CT molecular complexity index is 504. The van der Waals surface area contributed by atoms with Gasteiger partial charge in [0.25, 0.3) is 5.91 Å². The van der Waals surface area contributed by atoms with E-state index in [1.807, 2.05) is 12.1 Å². The molecule has 0 atom stereocenters. The van der Waals surface area contributed by atoms with Crippen LogP contribution in [0.15, 0.2) is 41.4 Å². The lowest BCUT2D eigenvalue weighted by Crippen LogP contribution is -2.39. The van der Waals surface area contributed by atoms with Gasteiger partial charge in [-0.15, -0.1) is 6.58 Å². The number of hydrogen-bond donors (Lipinski definition) is 0. The highest BCUT2D eigenvalue weighted by atomic mass is 79.9. The fourth-order valence-corrected chi connectivity index (χ4v) is 1.94. The molecule has 21 heavy (non-hydrogen) atoms. The largest absolute Gasteiger partial charge is 0.484 e. The molecule has 0 unspecified atom stereocenters. The summed E-state index contributed by atoms with van der Waals surface area (Å²) in [7, 11) is 0. The summed E-state index contributed by atoms with van der Waals surface area (Å²) in [6.07, 6.45) is 1.55. The molecular formula is C15H18BrNO4. The maximum absolute atomic E-state index is 12.1. The van der Waals surface area contributed by atoms with Crippen LogP contribution < -0.4 is 4.74 Å². The molecule has 0 saturated heterocycles. The number of esters is 1. The van der Waals surface area contributed by atoms with Crippen molar-refractivity contribution >= 4 is 27.8 Å². The summed E-state index contributed by atoms with van der Waals surface area (Å²) < 4.78 is 11.1. The van der Waals surface area contributed by atoms with Crippen LogP contribution in [0.3, 0.4) is 0 Å². The zero-order valence-electron chi connectivity index (χ0n) is 11.9. The summed E-state index contributed by atoms with van der Waals surface area (Å²) >= 11 is 3.32. The first-order valence-electron chi connectivity index (χ1n) is 6.49. The molecular weight excluding hydrogens is 338 g/mol. The number of nitrogens with zero attached hydrogens (tertiary/aromatic N) is 1. The highest BCUT2D eigenvalue weighted by molar-refractivity contribution is 9.10. The minimum atomic E-state index is -0.449. The Balaban J connectivity index is 2.56. The predicted molar refractivity (Wildman–Crippen MR) is 83.0 cm³/mol. The second-order valence-corrected chi connectivity index (χ2v) is 5.03. The molecule has 0 radical (unpaired) electrons. The molecule has 114 valence electrons. The fraction of sp³-hybridized carbons (Fsp3) is 0.333. The molecule has 5 nitrogen and oxygen atoms in total. The third kappa shape index (κ3) is 6.44. The van der Waals surface area contributed by atoms with E-state index in [2.05, 4.69) is 22.5 Å². The Morgan fingerprint density at radius 2 is 2.19 bits per heavy atom. The number of rotatable bonds is 8. The van der Waals surface area contributed by atoms with Crippen LogP contribution in [-0.4, -0.2) is 43.1 Å². The Kier molecular flexibility index (Phi) is 7.53. The molecule has 1 aromatic carbocycles. The van der Waals surface area contributed by atoms with Gasteiger partial charge in [-0.1, -0.05) is 28.1 Å². The predicted octanol–water partition coefficient (Wildman–Crippen LogP) is 2.41. The molecule has 0 N–H and O–H groups in total. The molecule has 0 aliphatic carbocycles. The van der Waals surface area contributed by atoms with E-state index in [0.29, 0.717) is 5.75 Å². The Hall–Kier alpha value is -1.82. The molecule has 0 spiro atoms. The number of carbonyl (C=O) groups excluding carboxylic acids is 2. The molecule has 1 aromatic rings. The first kappa shape index (κ1) is 17.2. The number of amides is 1. The quantitative estimate of drug-likeness (QED) is 0.530. The topological polar surface area (TPSA) is 55.8 Å². The Morgan fingerprint density at radius 1 is 1.43 bits per heavy atom. The molecule has 0 fully saturated rings. The van der Waals surface area contributed by atoms with Crippen LogP contribution in [-0.2, 0) is 14.3 Å². The number of hydrogen-bond acceptors (Lipinski definition) is 4. The second-order valence-electron chi connectivity index (χ2n) is 4.11. The molecule has 0 aliphatic rings. The van der Waals surface area contributed by atoms with Gasteiger partial charge in [0, 0.05) is 11.0 Å². The van der Waals surface area contributed by atoms with Crippen LogP contribution in [0.2, 0.25) is 0 Å². The molecule has 1 rings (SSSR count). The number of halogens is 1. The summed E-state index contributed by atoms with van der Waals surface area (Å²) in [5.74, 6) is -0.175. The van der Waals surface area contributed by atoms with Crippen LogP contribution in [0.25, 0.3) is 0 Å². The first-order chi connectivity index (χ1) is 10.1. The maximum Gasteiger partial charge on any atom is 0.325 e. The number of benzene rings is 1. The fourth-order valence-electron chi connectivity index (χ4n) is 1.57. The van der Waals surface area contributed by atoms with Crippen LogP contribution in [0.5, 0.6) is 5.75 Å². The number of ether oxygens (including phenoxy) is 2. The van der Waals surface area contributed by atoms with Gasteiger partial charge in [-0.25, -0.2) is 0 Å². The van der Waals surface area contributed by atoms with E-state index in [9.17, 15) is 9.59 Å². The van der Waals surface area contributed by atoms with E-state index >= 15 is 0 Å². The molecule has 0 heterocycles. The van der Waals surface area contributed by atoms with Gasteiger partial charge in [0.15, 0.2) is 6.61 Å². The van der Waals surface area contributed by atoms with E-state index in [-0.39, 0.29) is 32.2 Å². The minimum absolute atomic E-state index is 0.111. The van der Waals surface area contributed by atoms with Gasteiger partial charge in [0.2, 0.25) is 0 Å². The van der Waals surface area contributed by atoms with Gasteiger partial charge in [0.05, 0.1) is 6.61 Å². The summed E-state index contributed by atoms with van der Waals surface area (Å²) in [5, 5.41) is 0. The van der Waals surface area contributed by atoms with Crippen LogP contribution in [0.4, 0.5) is 0 Å². The van der Waals surface area contributed by atoms with Crippen LogP contribution in [0.1, 0.15) is 6.92 Å². The molecule has 0 bridgehead atoms. The lowest BCUT2D eigenvalue weighted by atomic mass is 10.3. The molecule has 6 heteroatoms. The Labute approximate surface area is 132 Å². The molecule has 0 aromatic heterocycles. The summed E-state index contributed by atoms with van der Waals surface area (Å²) in [6, 6.07) is 7.18. The zero-order chi connectivity index (χ0) is 15.7. The third-order valence-corrected chi connectivity index (χ3v) is 2.98. The van der Waals surface area contributed by atoms with Crippen molar-refractivity contribution in [2.75, 3.05) is 26.3 Å². The lowest BCUT2D eigenvalue weighted by molar-refractivity contribution is -0.149. The van der Waals surface area contributed by atoms with Crippen LogP contribution >= 0.6 is 15.9 Å². The third-order valence-electron chi connectivity index (χ3n) is 2.49. The maximum atomic E-state index is 12.1. The van der Waals surface area contributed by atoms with E-state index in [4.69, 9.17) is 9.47 Å².